The largest absolute Gasteiger partial charge is 0.396 e. The van der Waals surface area contributed by atoms with Crippen LogP contribution >= 0.6 is 31.9 Å². The Morgan fingerprint density at radius 3 is 2.62 bits per heavy atom. The van der Waals surface area contributed by atoms with Gasteiger partial charge in [-0.15, -0.1) is 0 Å². The number of halogens is 4. The number of anilines is 1. The van der Waals surface area contributed by atoms with Crippen molar-refractivity contribution in [2.24, 2.45) is 0 Å². The first-order chi connectivity index (χ1) is 6.06. The number of nitrogens with two attached hydrogens (primary N) is 1. The van der Waals surface area contributed by atoms with Gasteiger partial charge in [-0.2, -0.15) is 0 Å². The first kappa shape index (κ1) is 10.8. The van der Waals surface area contributed by atoms with E-state index >= 15 is 0 Å². The molecule has 1 aromatic heterocycles. The molecular weight excluding hydrogens is 310 g/mol. The fourth-order valence-electron chi connectivity index (χ4n) is 0.844. The summed E-state index contributed by atoms with van der Waals surface area (Å²) in [6.45, 7) is 0. The fraction of sp³-hybridized carbons (Fsp3) is 0.286. The molecule has 0 saturated carbocycles. The summed E-state index contributed by atoms with van der Waals surface area (Å²) in [7, 11) is 0. The van der Waals surface area contributed by atoms with Gasteiger partial charge in [-0.1, -0.05) is 15.9 Å². The van der Waals surface area contributed by atoms with E-state index in [1.54, 1.807) is 0 Å². The first-order valence-electron chi connectivity index (χ1n) is 3.35. The summed E-state index contributed by atoms with van der Waals surface area (Å²) in [4.78, 5) is 3.95. The lowest BCUT2D eigenvalue weighted by atomic mass is 10.2. The third kappa shape index (κ3) is 2.37. The Morgan fingerprint density at radius 2 is 2.15 bits per heavy atom. The topological polar surface area (TPSA) is 38.9 Å². The maximum absolute atomic E-state index is 12.4. The third-order valence-electron chi connectivity index (χ3n) is 1.47. The molecule has 0 fully saturated rings. The molecule has 0 aliphatic carbocycles. The van der Waals surface area contributed by atoms with E-state index < -0.39 is 6.43 Å². The Morgan fingerprint density at radius 1 is 1.54 bits per heavy atom. The molecule has 0 radical (unpaired) electrons. The zero-order chi connectivity index (χ0) is 10.0. The predicted molar refractivity (Wildman–Crippen MR) is 53.9 cm³/mol. The summed E-state index contributed by atoms with van der Waals surface area (Å²) < 4.78 is 25.0. The molecule has 0 atom stereocenters. The lowest BCUT2D eigenvalue weighted by Gasteiger charge is -2.07. The van der Waals surface area contributed by atoms with Gasteiger partial charge >= 0.3 is 0 Å². The Bertz CT molecular complexity index is 318. The second kappa shape index (κ2) is 4.32. The van der Waals surface area contributed by atoms with Crippen LogP contribution in [0.15, 0.2) is 10.7 Å². The van der Waals surface area contributed by atoms with E-state index in [1.165, 1.54) is 6.07 Å². The van der Waals surface area contributed by atoms with Crippen molar-refractivity contribution in [2.75, 3.05) is 5.73 Å². The van der Waals surface area contributed by atoms with Crippen LogP contribution in [0.4, 0.5) is 14.5 Å². The van der Waals surface area contributed by atoms with Gasteiger partial charge in [-0.3, -0.25) is 0 Å². The number of nitrogens with zero attached hydrogens (tertiary/aromatic N) is 1. The number of hydrogen-bond acceptors (Lipinski definition) is 2. The molecule has 0 saturated heterocycles. The van der Waals surface area contributed by atoms with Crippen molar-refractivity contribution in [1.82, 2.24) is 4.98 Å². The van der Waals surface area contributed by atoms with Crippen LogP contribution in [0.5, 0.6) is 0 Å². The van der Waals surface area contributed by atoms with E-state index in [0.717, 1.165) is 0 Å². The van der Waals surface area contributed by atoms with Gasteiger partial charge < -0.3 is 5.73 Å². The third-order valence-corrected chi connectivity index (χ3v) is 2.65. The van der Waals surface area contributed by atoms with Crippen LogP contribution in [0.2, 0.25) is 0 Å². The number of pyridine rings is 1. The van der Waals surface area contributed by atoms with Crippen LogP contribution in [-0.2, 0) is 5.33 Å². The molecule has 6 heteroatoms. The predicted octanol–water partition coefficient (Wildman–Crippen LogP) is 3.26. The maximum atomic E-state index is 12.4. The van der Waals surface area contributed by atoms with Gasteiger partial charge in [0.15, 0.2) is 0 Å². The van der Waals surface area contributed by atoms with Crippen LogP contribution in [-0.4, -0.2) is 4.98 Å². The van der Waals surface area contributed by atoms with Crippen molar-refractivity contribution in [3.8, 4) is 0 Å². The van der Waals surface area contributed by atoms with Gasteiger partial charge in [-0.25, -0.2) is 13.8 Å². The lowest BCUT2D eigenvalue weighted by molar-refractivity contribution is 0.152. The van der Waals surface area contributed by atoms with Crippen molar-refractivity contribution < 1.29 is 8.78 Å². The minimum Gasteiger partial charge on any atom is -0.396 e. The highest BCUT2D eigenvalue weighted by atomic mass is 79.9. The highest BCUT2D eigenvalue weighted by Gasteiger charge is 2.15. The summed E-state index contributed by atoms with van der Waals surface area (Å²) in [6, 6.07) is 1.29. The van der Waals surface area contributed by atoms with E-state index in [4.69, 9.17) is 5.73 Å². The molecule has 0 aromatic carbocycles. The number of hydrogen-bond donors (Lipinski definition) is 1. The fourth-order valence-corrected chi connectivity index (χ4v) is 1.59. The van der Waals surface area contributed by atoms with Crippen molar-refractivity contribution in [3.63, 3.8) is 0 Å². The van der Waals surface area contributed by atoms with E-state index in [9.17, 15) is 8.78 Å². The molecule has 0 aliphatic rings. The Balaban J connectivity index is 3.25. The second-order valence-corrected chi connectivity index (χ2v) is 3.65. The molecule has 2 nitrogen and oxygen atoms in total. The van der Waals surface area contributed by atoms with Crippen LogP contribution in [0.1, 0.15) is 17.7 Å². The quantitative estimate of drug-likeness (QED) is 0.672. The number of alkyl halides is 3. The van der Waals surface area contributed by atoms with Crippen LogP contribution < -0.4 is 5.73 Å². The van der Waals surface area contributed by atoms with Gasteiger partial charge in [0.05, 0.1) is 11.4 Å². The molecule has 1 heterocycles. The van der Waals surface area contributed by atoms with Gasteiger partial charge in [0.1, 0.15) is 4.60 Å². The zero-order valence-corrected chi connectivity index (χ0v) is 9.57. The Labute approximate surface area is 90.8 Å². The van der Waals surface area contributed by atoms with E-state index in [0.29, 0.717) is 11.0 Å². The first-order valence-corrected chi connectivity index (χ1v) is 5.26. The van der Waals surface area contributed by atoms with Crippen LogP contribution in [0.25, 0.3) is 0 Å². The number of aromatic nitrogens is 1. The highest BCUT2D eigenvalue weighted by molar-refractivity contribution is 9.10. The minimum atomic E-state index is -2.57. The smallest absolute Gasteiger partial charge is 0.265 e. The summed E-state index contributed by atoms with van der Waals surface area (Å²) >= 11 is 6.15. The highest BCUT2D eigenvalue weighted by Crippen LogP contribution is 2.30. The van der Waals surface area contributed by atoms with E-state index in [-0.39, 0.29) is 15.9 Å². The minimum absolute atomic E-state index is 0.000278. The summed E-state index contributed by atoms with van der Waals surface area (Å²) in [5.74, 6) is 0. The Hall–Kier alpha value is -0.230. The average molecular weight is 316 g/mol. The molecule has 2 N–H and O–H groups in total. The standard InChI is InChI=1S/C7H6Br2F2N2/c8-2-3-1-4(7(10)11)5(12)6(9)13-3/h1,7H,2,12H2. The van der Waals surface area contributed by atoms with Gasteiger partial charge in [0.2, 0.25) is 0 Å². The molecular formula is C7H6Br2F2N2. The average Bonchev–Trinajstić information content (AvgIpc) is 2.09. The molecule has 0 amide bonds. The summed E-state index contributed by atoms with van der Waals surface area (Å²) in [6.07, 6.45) is -2.57. The monoisotopic (exact) mass is 314 g/mol. The SMILES string of the molecule is Nc1c(C(F)F)cc(CBr)nc1Br. The van der Waals surface area contributed by atoms with Gasteiger partial charge in [-0.05, 0) is 22.0 Å². The normalized spacial score (nSPS) is 10.8. The summed E-state index contributed by atoms with van der Waals surface area (Å²) in [5.41, 5.74) is 5.74. The number of nitrogen functional groups attached to an aromatic ring is 1. The molecule has 13 heavy (non-hydrogen) atoms. The van der Waals surface area contributed by atoms with Crippen molar-refractivity contribution in [2.45, 2.75) is 11.8 Å². The molecule has 0 aliphatic heterocycles. The molecule has 0 spiro atoms. The summed E-state index contributed by atoms with van der Waals surface area (Å²) in [5, 5.41) is 0.422. The van der Waals surface area contributed by atoms with E-state index in [2.05, 4.69) is 36.8 Å². The van der Waals surface area contributed by atoms with Gasteiger partial charge in [0, 0.05) is 10.9 Å². The van der Waals surface area contributed by atoms with Crippen molar-refractivity contribution in [3.05, 3.63) is 21.9 Å². The van der Waals surface area contributed by atoms with Crippen molar-refractivity contribution >= 4 is 37.5 Å². The lowest BCUT2D eigenvalue weighted by Crippen LogP contribution is -2.00. The van der Waals surface area contributed by atoms with Crippen LogP contribution in [0.3, 0.4) is 0 Å². The molecule has 72 valence electrons. The van der Waals surface area contributed by atoms with E-state index in [1.807, 2.05) is 0 Å². The Kier molecular flexibility index (Phi) is 3.61. The van der Waals surface area contributed by atoms with Crippen molar-refractivity contribution in [1.29, 1.82) is 0 Å². The second-order valence-electron chi connectivity index (χ2n) is 2.34. The maximum Gasteiger partial charge on any atom is 0.265 e. The molecule has 1 aromatic rings. The zero-order valence-electron chi connectivity index (χ0n) is 6.40. The van der Waals surface area contributed by atoms with Crippen LogP contribution in [0, 0.1) is 0 Å². The molecule has 1 rings (SSSR count). The van der Waals surface area contributed by atoms with Gasteiger partial charge in [0.25, 0.3) is 6.43 Å². The molecule has 0 unspecified atom stereocenters. The number of rotatable bonds is 2. The molecule has 0 bridgehead atoms.